The Bertz CT molecular complexity index is 2490. The van der Waals surface area contributed by atoms with Gasteiger partial charge in [-0.3, -0.25) is 14.7 Å². The number of benzene rings is 3. The van der Waals surface area contributed by atoms with E-state index in [9.17, 15) is 14.4 Å². The van der Waals surface area contributed by atoms with Gasteiger partial charge in [-0.2, -0.15) is 0 Å². The van der Waals surface area contributed by atoms with Gasteiger partial charge in [0.05, 0.1) is 17.6 Å². The molecule has 0 aliphatic carbocycles. The van der Waals surface area contributed by atoms with Gasteiger partial charge in [-0.1, -0.05) is 36.4 Å². The molecule has 3 aromatic heterocycles. The Balaban J connectivity index is 1.46. The van der Waals surface area contributed by atoms with Crippen LogP contribution in [0.25, 0.3) is 39.2 Å². The van der Waals surface area contributed by atoms with Gasteiger partial charge in [0, 0.05) is 41.6 Å². The van der Waals surface area contributed by atoms with E-state index in [4.69, 9.17) is 18.9 Å². The standard InChI is InChI=1S/C47H52N6O7/c1-45(2,3)58-41(54)26-34-15-10-11-17-39(34)57-29-31-23-35(32-16-12-14-30(22-32)28-51-43(55)59-46(4,5)6)36-27-37(53(38(36)24-31)42-49-19-13-20-50-42)33-18-21-48-40(25-33)52-44(56)60-47(7,8)9/h10-25,27H,26,28-29H2,1-9H3,(H,51,55)(H,48,52,56). The van der Waals surface area contributed by atoms with Crippen LogP contribution in [0.1, 0.15) is 79.0 Å². The van der Waals surface area contributed by atoms with Crippen molar-refractivity contribution in [2.75, 3.05) is 5.32 Å². The summed E-state index contributed by atoms with van der Waals surface area (Å²) in [6, 6.07) is 26.9. The summed E-state index contributed by atoms with van der Waals surface area (Å²) in [4.78, 5) is 51.9. The molecule has 2 amide bonds. The number of esters is 1. The minimum atomic E-state index is -0.695. The van der Waals surface area contributed by atoms with Gasteiger partial charge >= 0.3 is 18.2 Å². The van der Waals surface area contributed by atoms with Crippen molar-refractivity contribution in [2.24, 2.45) is 0 Å². The van der Waals surface area contributed by atoms with Gasteiger partial charge < -0.3 is 24.3 Å². The number of pyridine rings is 1. The summed E-state index contributed by atoms with van der Waals surface area (Å²) in [5.74, 6) is 0.932. The molecule has 3 aromatic carbocycles. The van der Waals surface area contributed by atoms with Crippen LogP contribution in [0.3, 0.4) is 0 Å². The Morgan fingerprint density at radius 1 is 0.650 bits per heavy atom. The van der Waals surface area contributed by atoms with Crippen LogP contribution >= 0.6 is 0 Å². The van der Waals surface area contributed by atoms with Crippen LogP contribution in [0.5, 0.6) is 5.75 Å². The van der Waals surface area contributed by atoms with E-state index in [1.807, 2.05) is 107 Å². The summed E-state index contributed by atoms with van der Waals surface area (Å²) in [7, 11) is 0. The molecule has 0 saturated carbocycles. The zero-order valence-corrected chi connectivity index (χ0v) is 35.6. The molecule has 0 saturated heterocycles. The molecule has 13 heteroatoms. The number of ether oxygens (including phenoxy) is 4. The fourth-order valence-electron chi connectivity index (χ4n) is 6.41. The number of anilines is 1. The third kappa shape index (κ3) is 11.7. The first-order valence-electron chi connectivity index (χ1n) is 19.7. The summed E-state index contributed by atoms with van der Waals surface area (Å²) in [5.41, 5.74) is 4.45. The Morgan fingerprint density at radius 2 is 1.35 bits per heavy atom. The maximum Gasteiger partial charge on any atom is 0.413 e. The van der Waals surface area contributed by atoms with Crippen molar-refractivity contribution in [2.45, 2.75) is 98.7 Å². The van der Waals surface area contributed by atoms with Crippen molar-refractivity contribution in [3.05, 3.63) is 120 Å². The molecule has 0 fully saturated rings. The number of aromatic nitrogens is 4. The molecule has 0 aliphatic rings. The second-order valence-corrected chi connectivity index (χ2v) is 17.3. The molecule has 0 aliphatic heterocycles. The van der Waals surface area contributed by atoms with Crippen LogP contribution in [0.15, 0.2) is 104 Å². The summed E-state index contributed by atoms with van der Waals surface area (Å²) in [6.45, 7) is 16.8. The van der Waals surface area contributed by atoms with Gasteiger partial charge in [-0.05, 0) is 133 Å². The van der Waals surface area contributed by atoms with Gasteiger partial charge in [0.15, 0.2) is 0 Å². The summed E-state index contributed by atoms with van der Waals surface area (Å²) >= 11 is 0. The highest BCUT2D eigenvalue weighted by Gasteiger charge is 2.23. The molecular weight excluding hydrogens is 761 g/mol. The van der Waals surface area contributed by atoms with E-state index in [-0.39, 0.29) is 25.5 Å². The summed E-state index contributed by atoms with van der Waals surface area (Å²) in [5, 5.41) is 6.49. The number of alkyl carbamates (subject to hydrolysis) is 1. The van der Waals surface area contributed by atoms with Crippen LogP contribution in [0.2, 0.25) is 0 Å². The van der Waals surface area contributed by atoms with Crippen LogP contribution in [0, 0.1) is 0 Å². The predicted octanol–water partition coefficient (Wildman–Crippen LogP) is 9.98. The third-order valence-electron chi connectivity index (χ3n) is 8.61. The maximum atomic E-state index is 12.8. The highest BCUT2D eigenvalue weighted by molar-refractivity contribution is 6.00. The number of nitrogens with zero attached hydrogens (tertiary/aromatic N) is 4. The van der Waals surface area contributed by atoms with Crippen LogP contribution in [0.4, 0.5) is 15.4 Å². The second kappa shape index (κ2) is 17.6. The summed E-state index contributed by atoms with van der Waals surface area (Å²) < 4.78 is 25.0. The van der Waals surface area contributed by atoms with E-state index in [1.54, 1.807) is 51.5 Å². The molecule has 13 nitrogen and oxygen atoms in total. The Kier molecular flexibility index (Phi) is 12.6. The molecule has 60 heavy (non-hydrogen) atoms. The number of fused-ring (bicyclic) bond motifs is 1. The van der Waals surface area contributed by atoms with Crippen molar-refractivity contribution < 1.29 is 33.3 Å². The lowest BCUT2D eigenvalue weighted by Gasteiger charge is -2.20. The van der Waals surface area contributed by atoms with E-state index >= 15 is 0 Å². The van der Waals surface area contributed by atoms with Crippen molar-refractivity contribution >= 4 is 34.9 Å². The topological polar surface area (TPSA) is 156 Å². The molecule has 6 aromatic rings. The number of hydrogen-bond acceptors (Lipinski definition) is 10. The van der Waals surface area contributed by atoms with Gasteiger partial charge in [-0.15, -0.1) is 0 Å². The molecular formula is C47H52N6O7. The van der Waals surface area contributed by atoms with Crippen molar-refractivity contribution in [3.63, 3.8) is 0 Å². The largest absolute Gasteiger partial charge is 0.489 e. The Labute approximate surface area is 350 Å². The number of rotatable bonds is 11. The third-order valence-corrected chi connectivity index (χ3v) is 8.61. The van der Waals surface area contributed by atoms with Crippen molar-refractivity contribution in [3.8, 4) is 34.1 Å². The predicted molar refractivity (Wildman–Crippen MR) is 231 cm³/mol. The number of hydrogen-bond donors (Lipinski definition) is 2. The average Bonchev–Trinajstić information content (AvgIpc) is 3.54. The van der Waals surface area contributed by atoms with Crippen LogP contribution in [-0.4, -0.2) is 54.5 Å². The zero-order valence-electron chi connectivity index (χ0n) is 35.6. The van der Waals surface area contributed by atoms with E-state index in [2.05, 4.69) is 37.7 Å². The fourth-order valence-corrected chi connectivity index (χ4v) is 6.41. The molecule has 0 spiro atoms. The van der Waals surface area contributed by atoms with Crippen molar-refractivity contribution in [1.82, 2.24) is 24.8 Å². The minimum Gasteiger partial charge on any atom is -0.489 e. The highest BCUT2D eigenvalue weighted by Crippen LogP contribution is 2.38. The van der Waals surface area contributed by atoms with Crippen molar-refractivity contribution in [1.29, 1.82) is 0 Å². The highest BCUT2D eigenvalue weighted by atomic mass is 16.6. The van der Waals surface area contributed by atoms with E-state index in [0.717, 1.165) is 44.4 Å². The monoisotopic (exact) mass is 812 g/mol. The molecule has 0 radical (unpaired) electrons. The normalized spacial score (nSPS) is 11.8. The maximum absolute atomic E-state index is 12.8. The number of para-hydroxylation sites is 1. The lowest BCUT2D eigenvalue weighted by atomic mass is 9.97. The first kappa shape index (κ1) is 42.8. The van der Waals surface area contributed by atoms with E-state index in [0.29, 0.717) is 23.1 Å². The van der Waals surface area contributed by atoms with Gasteiger partial charge in [-0.25, -0.2) is 24.5 Å². The zero-order chi connectivity index (χ0) is 43.2. The fraction of sp³-hybridized carbons (Fsp3) is 0.319. The first-order chi connectivity index (χ1) is 28.3. The molecule has 0 bridgehead atoms. The SMILES string of the molecule is CC(C)(C)OC(=O)Cc1ccccc1OCc1cc(-c2cccc(CNC(=O)OC(C)(C)C)c2)c2cc(-c3ccnc(NC(=O)OC(C)(C)C)c3)n(-c3ncccn3)c2c1. The molecule has 6 rings (SSSR count). The molecule has 312 valence electrons. The first-order valence-corrected chi connectivity index (χ1v) is 19.7. The van der Waals surface area contributed by atoms with Crippen LogP contribution in [-0.2, 0) is 38.6 Å². The number of amides is 2. The smallest absolute Gasteiger partial charge is 0.413 e. The lowest BCUT2D eigenvalue weighted by Crippen LogP contribution is -2.32. The average molecular weight is 813 g/mol. The Morgan fingerprint density at radius 3 is 2.07 bits per heavy atom. The minimum absolute atomic E-state index is 0.0517. The molecule has 0 unspecified atom stereocenters. The van der Waals surface area contributed by atoms with Gasteiger partial charge in [0.2, 0.25) is 5.95 Å². The van der Waals surface area contributed by atoms with E-state index < -0.39 is 29.0 Å². The van der Waals surface area contributed by atoms with Gasteiger partial charge in [0.25, 0.3) is 0 Å². The number of carbonyl (C=O) groups excluding carboxylic acids is 3. The number of nitrogens with one attached hydrogen (secondary N) is 2. The lowest BCUT2D eigenvalue weighted by molar-refractivity contribution is -0.153. The Hall–Kier alpha value is -6.76. The molecule has 3 heterocycles. The second-order valence-electron chi connectivity index (χ2n) is 17.3. The van der Waals surface area contributed by atoms with E-state index in [1.165, 1.54) is 0 Å². The van der Waals surface area contributed by atoms with Gasteiger partial charge in [0.1, 0.15) is 35.0 Å². The quantitative estimate of drug-likeness (QED) is 0.0954. The van der Waals surface area contributed by atoms with Crippen LogP contribution < -0.4 is 15.4 Å². The summed E-state index contributed by atoms with van der Waals surface area (Å²) in [6.07, 6.45) is 3.89. The number of carbonyl (C=O) groups is 3. The molecule has 0 atom stereocenters. The molecule has 2 N–H and O–H groups in total.